The molecule has 3 heterocycles. The van der Waals surface area contributed by atoms with Crippen LogP contribution in [0.3, 0.4) is 0 Å². The molecule has 0 bridgehead atoms. The van der Waals surface area contributed by atoms with Gasteiger partial charge in [0.25, 0.3) is 0 Å². The van der Waals surface area contributed by atoms with E-state index in [1.165, 1.54) is 11.3 Å². The van der Waals surface area contributed by atoms with Crippen molar-refractivity contribution in [1.29, 1.82) is 0 Å². The Kier molecular flexibility index (Phi) is 7.57. The number of morpholine rings is 1. The number of fused-ring (bicyclic) bond motifs is 1. The van der Waals surface area contributed by atoms with Crippen molar-refractivity contribution in [3.8, 4) is 0 Å². The Morgan fingerprint density at radius 3 is 2.67 bits per heavy atom. The number of hydrogen-bond acceptors (Lipinski definition) is 9. The normalized spacial score (nSPS) is 15.7. The highest BCUT2D eigenvalue weighted by Crippen LogP contribution is 2.35. The molecule has 2 N–H and O–H groups in total. The zero-order valence-electron chi connectivity index (χ0n) is 17.9. The van der Waals surface area contributed by atoms with Crippen LogP contribution >= 0.6 is 11.3 Å². The fraction of sp³-hybridized carbons (Fsp3) is 0.600. The Hall–Kier alpha value is -2.30. The molecule has 3 rings (SSSR count). The first-order valence-corrected chi connectivity index (χ1v) is 11.1. The lowest BCUT2D eigenvalue weighted by Crippen LogP contribution is -2.38. The number of hydrogen-bond donors (Lipinski definition) is 2. The van der Waals surface area contributed by atoms with E-state index in [9.17, 15) is 9.59 Å². The van der Waals surface area contributed by atoms with Crippen LogP contribution in [0, 0.1) is 6.92 Å². The molecule has 2 aromatic heterocycles. The van der Waals surface area contributed by atoms with E-state index >= 15 is 0 Å². The predicted molar refractivity (Wildman–Crippen MR) is 116 cm³/mol. The number of anilines is 1. The van der Waals surface area contributed by atoms with Crippen molar-refractivity contribution < 1.29 is 19.1 Å². The van der Waals surface area contributed by atoms with Gasteiger partial charge in [-0.1, -0.05) is 0 Å². The van der Waals surface area contributed by atoms with Crippen LogP contribution < -0.4 is 10.6 Å². The first-order chi connectivity index (χ1) is 14.4. The third kappa shape index (κ3) is 5.05. The van der Waals surface area contributed by atoms with Gasteiger partial charge in [-0.25, -0.2) is 14.8 Å². The Labute approximate surface area is 180 Å². The van der Waals surface area contributed by atoms with E-state index in [1.807, 2.05) is 13.8 Å². The number of thiophene rings is 1. The van der Waals surface area contributed by atoms with Gasteiger partial charge in [-0.2, -0.15) is 0 Å². The smallest absolute Gasteiger partial charge is 0.348 e. The van der Waals surface area contributed by atoms with Crippen molar-refractivity contribution >= 4 is 39.2 Å². The summed E-state index contributed by atoms with van der Waals surface area (Å²) in [5.41, 5.74) is 0.761. The summed E-state index contributed by atoms with van der Waals surface area (Å²) in [4.78, 5) is 37.6. The van der Waals surface area contributed by atoms with Gasteiger partial charge in [0.05, 0.1) is 31.8 Å². The molecule has 1 aliphatic rings. The first kappa shape index (κ1) is 22.4. The number of nitrogens with one attached hydrogen (secondary N) is 2. The van der Waals surface area contributed by atoms with E-state index in [4.69, 9.17) is 19.4 Å². The molecular weight excluding hydrogens is 406 g/mol. The molecule has 2 aromatic rings. The third-order valence-corrected chi connectivity index (χ3v) is 6.03. The largest absolute Gasteiger partial charge is 0.462 e. The average Bonchev–Trinajstić information content (AvgIpc) is 3.06. The number of carbonyl (C=O) groups excluding carboxylic acids is 2. The van der Waals surface area contributed by atoms with Crippen LogP contribution in [0.2, 0.25) is 0 Å². The molecule has 0 aromatic carbocycles. The van der Waals surface area contributed by atoms with Crippen molar-refractivity contribution in [1.82, 2.24) is 20.2 Å². The highest BCUT2D eigenvalue weighted by atomic mass is 32.1. The lowest BCUT2D eigenvalue weighted by Gasteiger charge is -2.26. The average molecular weight is 436 g/mol. The Bertz CT molecular complexity index is 910. The first-order valence-electron chi connectivity index (χ1n) is 10.3. The summed E-state index contributed by atoms with van der Waals surface area (Å²) in [6.07, 6.45) is 0. The van der Waals surface area contributed by atoms with E-state index in [1.54, 1.807) is 13.8 Å². The lowest BCUT2D eigenvalue weighted by molar-refractivity contribution is -0.121. The number of ether oxygens (including phenoxy) is 2. The van der Waals surface area contributed by atoms with Gasteiger partial charge in [-0.15, -0.1) is 11.3 Å². The molecule has 0 radical (unpaired) electrons. The highest BCUT2D eigenvalue weighted by molar-refractivity contribution is 7.20. The van der Waals surface area contributed by atoms with E-state index in [-0.39, 0.29) is 11.9 Å². The fourth-order valence-corrected chi connectivity index (χ4v) is 4.40. The zero-order chi connectivity index (χ0) is 21.7. The van der Waals surface area contributed by atoms with Crippen LogP contribution in [0.25, 0.3) is 10.2 Å². The molecule has 9 nitrogen and oxygen atoms in total. The number of likely N-dealkylation sites (N-methyl/N-ethyl adjacent to an activating group) is 1. The van der Waals surface area contributed by atoms with Gasteiger partial charge in [0, 0.05) is 19.6 Å². The van der Waals surface area contributed by atoms with Gasteiger partial charge in [0.2, 0.25) is 5.91 Å². The number of carbonyl (C=O) groups is 2. The van der Waals surface area contributed by atoms with Crippen LogP contribution in [-0.2, 0) is 20.8 Å². The quantitative estimate of drug-likeness (QED) is 0.606. The fourth-order valence-electron chi connectivity index (χ4n) is 3.31. The molecule has 10 heteroatoms. The minimum absolute atomic E-state index is 0.113. The number of rotatable bonds is 8. The second-order valence-corrected chi connectivity index (χ2v) is 8.09. The molecule has 1 fully saturated rings. The predicted octanol–water partition coefficient (Wildman–Crippen LogP) is 1.95. The van der Waals surface area contributed by atoms with Crippen LogP contribution in [0.1, 0.15) is 41.8 Å². The van der Waals surface area contributed by atoms with Crippen molar-refractivity contribution in [3.63, 3.8) is 0 Å². The monoisotopic (exact) mass is 435 g/mol. The number of esters is 1. The Morgan fingerprint density at radius 2 is 2.00 bits per heavy atom. The van der Waals surface area contributed by atoms with Crippen molar-refractivity contribution in [2.24, 2.45) is 0 Å². The summed E-state index contributed by atoms with van der Waals surface area (Å²) in [5, 5.41) is 6.79. The Balaban J connectivity index is 1.99. The standard InChI is InChI=1S/C20H29N5O4S/c1-5-21-18(26)13(4)22-17-15-12(3)16(20(27)29-6-2)30-19(15)24-14(23-17)11-25-7-9-28-10-8-25/h13H,5-11H2,1-4H3,(H,21,26)(H,22,23,24)/t13-/m1/s1. The Morgan fingerprint density at radius 1 is 1.27 bits per heavy atom. The minimum Gasteiger partial charge on any atom is -0.462 e. The van der Waals surface area contributed by atoms with Gasteiger partial charge in [-0.3, -0.25) is 9.69 Å². The van der Waals surface area contributed by atoms with Gasteiger partial charge in [0.1, 0.15) is 27.4 Å². The molecule has 0 spiro atoms. The number of nitrogens with zero attached hydrogens (tertiary/aromatic N) is 3. The maximum absolute atomic E-state index is 12.4. The van der Waals surface area contributed by atoms with Crippen LogP contribution in [-0.4, -0.2) is 72.2 Å². The number of aryl methyl sites for hydroxylation is 1. The number of aromatic nitrogens is 2. The molecule has 1 amide bonds. The molecule has 30 heavy (non-hydrogen) atoms. The summed E-state index contributed by atoms with van der Waals surface area (Å²) in [6, 6.07) is -0.482. The third-order valence-electron chi connectivity index (χ3n) is 4.86. The topological polar surface area (TPSA) is 106 Å². The van der Waals surface area contributed by atoms with Gasteiger partial charge in [-0.05, 0) is 33.3 Å². The molecule has 0 aliphatic carbocycles. The van der Waals surface area contributed by atoms with Gasteiger partial charge < -0.3 is 20.1 Å². The zero-order valence-corrected chi connectivity index (χ0v) is 18.7. The van der Waals surface area contributed by atoms with Crippen LogP contribution in [0.4, 0.5) is 5.82 Å². The second kappa shape index (κ2) is 10.1. The molecule has 1 atom stereocenters. The van der Waals surface area contributed by atoms with Crippen molar-refractivity contribution in [3.05, 3.63) is 16.3 Å². The summed E-state index contributed by atoms with van der Waals surface area (Å²) >= 11 is 1.30. The molecular formula is C20H29N5O4S. The van der Waals surface area contributed by atoms with Crippen LogP contribution in [0.5, 0.6) is 0 Å². The highest BCUT2D eigenvalue weighted by Gasteiger charge is 2.24. The van der Waals surface area contributed by atoms with Crippen molar-refractivity contribution in [2.45, 2.75) is 40.3 Å². The summed E-state index contributed by atoms with van der Waals surface area (Å²) < 4.78 is 10.6. The SMILES string of the molecule is CCNC(=O)[C@@H](C)Nc1nc(CN2CCOCC2)nc2sc(C(=O)OCC)c(C)c12. The molecule has 0 unspecified atom stereocenters. The molecule has 1 aliphatic heterocycles. The van der Waals surface area contributed by atoms with E-state index in [0.29, 0.717) is 54.3 Å². The van der Waals surface area contributed by atoms with Crippen LogP contribution in [0.15, 0.2) is 0 Å². The van der Waals surface area contributed by atoms with Gasteiger partial charge >= 0.3 is 5.97 Å². The second-order valence-electron chi connectivity index (χ2n) is 7.09. The van der Waals surface area contributed by atoms with E-state index < -0.39 is 6.04 Å². The van der Waals surface area contributed by atoms with E-state index in [0.717, 1.165) is 24.0 Å². The van der Waals surface area contributed by atoms with Gasteiger partial charge in [0.15, 0.2) is 0 Å². The maximum Gasteiger partial charge on any atom is 0.348 e. The van der Waals surface area contributed by atoms with Crippen molar-refractivity contribution in [2.75, 3.05) is 44.8 Å². The maximum atomic E-state index is 12.4. The molecule has 0 saturated carbocycles. The number of amides is 1. The molecule has 1 saturated heterocycles. The lowest BCUT2D eigenvalue weighted by atomic mass is 10.2. The summed E-state index contributed by atoms with van der Waals surface area (Å²) in [5.74, 6) is 0.728. The summed E-state index contributed by atoms with van der Waals surface area (Å²) in [6.45, 7) is 11.7. The minimum atomic E-state index is -0.482. The van der Waals surface area contributed by atoms with E-state index in [2.05, 4.69) is 15.5 Å². The summed E-state index contributed by atoms with van der Waals surface area (Å²) in [7, 11) is 0. The molecule has 164 valence electrons.